The molecule has 0 bridgehead atoms. The van der Waals surface area contributed by atoms with Gasteiger partial charge in [0, 0.05) is 0 Å². The van der Waals surface area contributed by atoms with Crippen molar-refractivity contribution in [3.8, 4) is 0 Å². The zero-order chi connectivity index (χ0) is 21.8. The molecule has 3 aromatic heterocycles. The number of pyridine rings is 2. The minimum atomic E-state index is -1.96. The molecule has 0 aliphatic rings. The fourth-order valence-electron chi connectivity index (χ4n) is 5.53. The monoisotopic (exact) mass is 467 g/mol. The van der Waals surface area contributed by atoms with E-state index in [9.17, 15) is 0 Å². The van der Waals surface area contributed by atoms with Gasteiger partial charge in [-0.2, -0.15) is 0 Å². The van der Waals surface area contributed by atoms with Crippen molar-refractivity contribution in [1.29, 1.82) is 0 Å². The average molecular weight is 466 g/mol. The molecule has 3 aromatic carbocycles. The molecule has 154 valence electrons. The molecule has 0 aliphatic carbocycles. The van der Waals surface area contributed by atoms with Gasteiger partial charge >= 0.3 is 186 Å². The summed E-state index contributed by atoms with van der Waals surface area (Å²) in [6, 6.07) is 16.7. The summed E-state index contributed by atoms with van der Waals surface area (Å²) in [5.41, 5.74) is 9.47. The van der Waals surface area contributed by atoms with Crippen LogP contribution in [0.25, 0.3) is 49.0 Å². The van der Waals surface area contributed by atoms with Crippen LogP contribution in [0.1, 0.15) is 16.7 Å². The van der Waals surface area contributed by atoms with Gasteiger partial charge in [0.25, 0.3) is 0 Å². The van der Waals surface area contributed by atoms with Crippen molar-refractivity contribution >= 4 is 66.7 Å². The third kappa shape index (κ3) is 2.43. The first kappa shape index (κ1) is 19.1. The third-order valence-electron chi connectivity index (χ3n) is 7.27. The second-order valence-corrected chi connectivity index (χ2v) is 21.1. The van der Waals surface area contributed by atoms with E-state index in [1.54, 1.807) is 4.40 Å². The summed E-state index contributed by atoms with van der Waals surface area (Å²) >= 11 is -1.96. The number of aryl methyl sites for hydroxylation is 4. The van der Waals surface area contributed by atoms with Gasteiger partial charge in [-0.3, -0.25) is 0 Å². The summed E-state index contributed by atoms with van der Waals surface area (Å²) in [5, 5.41) is 6.87. The summed E-state index contributed by atoms with van der Waals surface area (Å²) in [4.78, 5) is 0. The molecule has 0 spiro atoms. The van der Waals surface area contributed by atoms with Crippen LogP contribution in [0, 0.1) is 20.8 Å². The number of hydrogen-bond acceptors (Lipinski definition) is 0. The Labute approximate surface area is 185 Å². The van der Waals surface area contributed by atoms with Crippen LogP contribution in [0.5, 0.6) is 0 Å². The summed E-state index contributed by atoms with van der Waals surface area (Å²) in [6.45, 7) is 6.76. The second-order valence-electron chi connectivity index (χ2n) is 10.4. The normalized spacial score (nSPS) is 13.0. The van der Waals surface area contributed by atoms with E-state index in [0.717, 1.165) is 0 Å². The molecule has 0 unspecified atom stereocenters. The van der Waals surface area contributed by atoms with E-state index in [1.807, 2.05) is 0 Å². The van der Waals surface area contributed by atoms with Crippen LogP contribution in [0.15, 0.2) is 48.7 Å². The van der Waals surface area contributed by atoms with Gasteiger partial charge in [-0.15, -0.1) is 0 Å². The van der Waals surface area contributed by atoms with E-state index in [4.69, 9.17) is 0 Å². The molecular formula is C28H29GeN2+. The molecule has 31 heavy (non-hydrogen) atoms. The van der Waals surface area contributed by atoms with Gasteiger partial charge in [0.2, 0.25) is 0 Å². The quantitative estimate of drug-likeness (QED) is 0.117. The molecule has 6 rings (SSSR count). The number of hydrogen-bond donors (Lipinski definition) is 0. The Balaban J connectivity index is 2.05. The van der Waals surface area contributed by atoms with Gasteiger partial charge in [-0.25, -0.2) is 0 Å². The minimum absolute atomic E-state index is 1.32. The first-order valence-electron chi connectivity index (χ1n) is 11.2. The number of aromatic nitrogens is 2. The van der Waals surface area contributed by atoms with Crippen LogP contribution in [-0.2, 0) is 7.05 Å². The van der Waals surface area contributed by atoms with Crippen molar-refractivity contribution in [2.75, 3.05) is 0 Å². The van der Waals surface area contributed by atoms with Gasteiger partial charge in [0.15, 0.2) is 0 Å². The molecule has 6 aromatic rings. The van der Waals surface area contributed by atoms with Gasteiger partial charge in [-0.1, -0.05) is 0 Å². The van der Waals surface area contributed by atoms with E-state index >= 15 is 0 Å². The molecule has 0 N–H and O–H groups in total. The third-order valence-corrected chi connectivity index (χ3v) is 11.6. The molecule has 0 fully saturated rings. The van der Waals surface area contributed by atoms with Crippen molar-refractivity contribution in [1.82, 2.24) is 4.40 Å². The predicted molar refractivity (Wildman–Crippen MR) is 137 cm³/mol. The SMILES string of the molecule is Cc1cc2cc(C)c(C)c3c2c(c1)n1c2c[c]([Ge]([CH3])([CH3])[CH3])ccc2c2cc[n+](C)c3c21. The number of nitrogens with zero attached hydrogens (tertiary/aromatic N) is 2. The summed E-state index contributed by atoms with van der Waals surface area (Å²) in [5.74, 6) is 7.45. The topological polar surface area (TPSA) is 8.29 Å². The predicted octanol–water partition coefficient (Wildman–Crippen LogP) is 6.28. The molecule has 2 nitrogen and oxygen atoms in total. The number of rotatable bonds is 1. The van der Waals surface area contributed by atoms with E-state index in [0.29, 0.717) is 0 Å². The fourth-order valence-corrected chi connectivity index (χ4v) is 7.95. The molecule has 0 amide bonds. The standard InChI is InChI=1S/C28H29GeN2/c1-16-12-19-14-17(2)18(3)25-26(19)24(13-16)31-23-15-20(29(4,5)6)8-9-21(23)22-10-11-30(7)28(25)27(22)31/h8-15H,1-7H3/q+1. The van der Waals surface area contributed by atoms with E-state index in [1.165, 1.54) is 65.7 Å². The van der Waals surface area contributed by atoms with Crippen molar-refractivity contribution in [3.63, 3.8) is 0 Å². The zero-order valence-electron chi connectivity index (χ0n) is 19.5. The second kappa shape index (κ2) is 6.01. The molecule has 3 heteroatoms. The van der Waals surface area contributed by atoms with Crippen molar-refractivity contribution in [2.24, 2.45) is 7.05 Å². The molecule has 0 saturated carbocycles. The maximum absolute atomic E-state index is 2.56. The Hall–Kier alpha value is -2.59. The molecule has 0 radical (unpaired) electrons. The molecular weight excluding hydrogens is 437 g/mol. The van der Waals surface area contributed by atoms with Crippen molar-refractivity contribution in [3.05, 3.63) is 65.4 Å². The average Bonchev–Trinajstić information content (AvgIpc) is 3.03. The van der Waals surface area contributed by atoms with E-state index in [-0.39, 0.29) is 0 Å². The van der Waals surface area contributed by atoms with Gasteiger partial charge in [0.1, 0.15) is 0 Å². The van der Waals surface area contributed by atoms with Crippen LogP contribution < -0.4 is 8.96 Å². The molecule has 3 heterocycles. The molecule has 0 saturated heterocycles. The first-order chi connectivity index (χ1) is 14.7. The Kier molecular flexibility index (Phi) is 3.71. The van der Waals surface area contributed by atoms with E-state index < -0.39 is 13.3 Å². The van der Waals surface area contributed by atoms with Crippen molar-refractivity contribution in [2.45, 2.75) is 38.0 Å². The van der Waals surface area contributed by atoms with Crippen LogP contribution in [-0.4, -0.2) is 17.7 Å². The Morgan fingerprint density at radius 2 is 1.58 bits per heavy atom. The van der Waals surface area contributed by atoms with Crippen LogP contribution in [0.2, 0.25) is 17.3 Å². The van der Waals surface area contributed by atoms with Crippen LogP contribution in [0.3, 0.4) is 0 Å². The molecule has 0 atom stereocenters. The van der Waals surface area contributed by atoms with Crippen molar-refractivity contribution < 1.29 is 4.57 Å². The van der Waals surface area contributed by atoms with Gasteiger partial charge in [0.05, 0.1) is 0 Å². The van der Waals surface area contributed by atoms with Crippen LogP contribution in [0.4, 0.5) is 0 Å². The Morgan fingerprint density at radius 1 is 0.806 bits per heavy atom. The first-order valence-corrected chi connectivity index (χ1v) is 18.5. The summed E-state index contributed by atoms with van der Waals surface area (Å²) < 4.78 is 6.45. The summed E-state index contributed by atoms with van der Waals surface area (Å²) in [7, 11) is 2.19. The van der Waals surface area contributed by atoms with Gasteiger partial charge < -0.3 is 0 Å². The fraction of sp³-hybridized carbons (Fsp3) is 0.250. The zero-order valence-corrected chi connectivity index (χ0v) is 21.6. The summed E-state index contributed by atoms with van der Waals surface area (Å²) in [6.07, 6.45) is 2.24. The number of fused-ring (bicyclic) bond motifs is 5. The van der Waals surface area contributed by atoms with Crippen LogP contribution >= 0.6 is 0 Å². The maximum atomic E-state index is 2.56. The number of benzene rings is 3. The van der Waals surface area contributed by atoms with E-state index in [2.05, 4.69) is 103 Å². The molecule has 0 aliphatic heterocycles. The van der Waals surface area contributed by atoms with Gasteiger partial charge in [-0.05, 0) is 0 Å². The Bertz CT molecular complexity index is 1700. The Morgan fingerprint density at radius 3 is 2.32 bits per heavy atom.